The lowest BCUT2D eigenvalue weighted by Gasteiger charge is -2.18. The van der Waals surface area contributed by atoms with Gasteiger partial charge in [-0.3, -0.25) is 4.79 Å². The molecule has 0 saturated heterocycles. The molecule has 7 nitrogen and oxygen atoms in total. The van der Waals surface area contributed by atoms with Crippen molar-refractivity contribution in [2.45, 2.75) is 6.42 Å². The third kappa shape index (κ3) is 2.34. The number of fused-ring (bicyclic) bond motifs is 1. The zero-order chi connectivity index (χ0) is 13.1. The van der Waals surface area contributed by atoms with Crippen LogP contribution in [0.1, 0.15) is 6.42 Å². The van der Waals surface area contributed by atoms with E-state index >= 15 is 0 Å². The van der Waals surface area contributed by atoms with Crippen LogP contribution in [-0.4, -0.2) is 40.9 Å². The van der Waals surface area contributed by atoms with E-state index in [0.29, 0.717) is 24.6 Å². The van der Waals surface area contributed by atoms with E-state index in [0.717, 1.165) is 5.65 Å². The Morgan fingerprint density at radius 3 is 3.11 bits per heavy atom. The van der Waals surface area contributed by atoms with Gasteiger partial charge in [0.2, 0.25) is 5.91 Å². The van der Waals surface area contributed by atoms with Gasteiger partial charge in [-0.05, 0) is 0 Å². The summed E-state index contributed by atoms with van der Waals surface area (Å²) in [7, 11) is 3.48. The SMILES string of the molecule is CNC(=O)CCN(C)c1nc(N)cn2ccnc12. The highest BCUT2D eigenvalue weighted by atomic mass is 16.1. The van der Waals surface area contributed by atoms with Crippen LogP contribution < -0.4 is 16.0 Å². The number of hydrogen-bond donors (Lipinski definition) is 2. The fourth-order valence-corrected chi connectivity index (χ4v) is 1.69. The van der Waals surface area contributed by atoms with Crippen molar-refractivity contribution in [1.29, 1.82) is 0 Å². The molecule has 0 unspecified atom stereocenters. The number of nitrogens with one attached hydrogen (secondary N) is 1. The standard InChI is InChI=1S/C11H16N6O/c1-13-9(18)3-5-16(2)11-10-14-4-6-17(10)7-8(12)15-11/h4,6-7H,3,5,12H2,1-2H3,(H,13,18). The Hall–Kier alpha value is -2.31. The number of amides is 1. The van der Waals surface area contributed by atoms with Crippen molar-refractivity contribution in [3.63, 3.8) is 0 Å². The van der Waals surface area contributed by atoms with Gasteiger partial charge in [0, 0.05) is 39.5 Å². The highest BCUT2D eigenvalue weighted by Crippen LogP contribution is 2.18. The zero-order valence-corrected chi connectivity index (χ0v) is 10.4. The maximum absolute atomic E-state index is 11.2. The average molecular weight is 248 g/mol. The predicted octanol–water partition coefficient (Wildman–Crippen LogP) is -0.116. The van der Waals surface area contributed by atoms with Crippen molar-refractivity contribution in [2.75, 3.05) is 31.3 Å². The minimum absolute atomic E-state index is 0.00915. The molecule has 0 atom stereocenters. The van der Waals surface area contributed by atoms with Crippen LogP contribution in [0.3, 0.4) is 0 Å². The van der Waals surface area contributed by atoms with Gasteiger partial charge in [0.25, 0.3) is 0 Å². The summed E-state index contributed by atoms with van der Waals surface area (Å²) in [6.45, 7) is 0.554. The summed E-state index contributed by atoms with van der Waals surface area (Å²) in [6, 6.07) is 0. The summed E-state index contributed by atoms with van der Waals surface area (Å²) in [4.78, 5) is 21.6. The van der Waals surface area contributed by atoms with Crippen LogP contribution in [-0.2, 0) is 4.79 Å². The quantitative estimate of drug-likeness (QED) is 0.787. The van der Waals surface area contributed by atoms with Crippen LogP contribution in [0, 0.1) is 0 Å². The zero-order valence-electron chi connectivity index (χ0n) is 10.4. The lowest BCUT2D eigenvalue weighted by Crippen LogP contribution is -2.27. The largest absolute Gasteiger partial charge is 0.382 e. The van der Waals surface area contributed by atoms with Gasteiger partial charge in [-0.1, -0.05) is 0 Å². The van der Waals surface area contributed by atoms with Crippen molar-refractivity contribution in [2.24, 2.45) is 0 Å². The van der Waals surface area contributed by atoms with E-state index < -0.39 is 0 Å². The molecule has 2 aromatic heterocycles. The second-order valence-electron chi connectivity index (χ2n) is 3.99. The van der Waals surface area contributed by atoms with Gasteiger partial charge < -0.3 is 20.4 Å². The molecule has 7 heteroatoms. The Morgan fingerprint density at radius 2 is 2.39 bits per heavy atom. The Kier molecular flexibility index (Phi) is 3.31. The molecule has 0 saturated carbocycles. The number of nitrogens with zero attached hydrogens (tertiary/aromatic N) is 4. The molecule has 1 amide bonds. The third-order valence-electron chi connectivity index (χ3n) is 2.69. The fraction of sp³-hybridized carbons (Fsp3) is 0.364. The van der Waals surface area contributed by atoms with E-state index in [1.165, 1.54) is 0 Å². The van der Waals surface area contributed by atoms with Crippen molar-refractivity contribution in [3.8, 4) is 0 Å². The van der Waals surface area contributed by atoms with Gasteiger partial charge in [-0.2, -0.15) is 0 Å². The number of nitrogen functional groups attached to an aromatic ring is 1. The molecule has 0 radical (unpaired) electrons. The first-order valence-electron chi connectivity index (χ1n) is 5.62. The minimum Gasteiger partial charge on any atom is -0.382 e. The summed E-state index contributed by atoms with van der Waals surface area (Å²) in [5.41, 5.74) is 6.46. The monoisotopic (exact) mass is 248 g/mol. The molecule has 18 heavy (non-hydrogen) atoms. The topological polar surface area (TPSA) is 88.5 Å². The van der Waals surface area contributed by atoms with Crippen LogP contribution in [0.15, 0.2) is 18.6 Å². The molecular weight excluding hydrogens is 232 g/mol. The van der Waals surface area contributed by atoms with Gasteiger partial charge in [0.1, 0.15) is 5.82 Å². The molecule has 3 N–H and O–H groups in total. The Bertz CT molecular complexity index is 564. The van der Waals surface area contributed by atoms with Crippen molar-refractivity contribution >= 4 is 23.2 Å². The molecule has 0 spiro atoms. The van der Waals surface area contributed by atoms with Gasteiger partial charge in [-0.25, -0.2) is 9.97 Å². The van der Waals surface area contributed by atoms with Crippen LogP contribution in [0.4, 0.5) is 11.6 Å². The number of imidazole rings is 1. The summed E-state index contributed by atoms with van der Waals surface area (Å²) in [5, 5.41) is 2.58. The Balaban J connectivity index is 2.23. The van der Waals surface area contributed by atoms with Gasteiger partial charge in [-0.15, -0.1) is 0 Å². The molecule has 0 bridgehead atoms. The number of carbonyl (C=O) groups is 1. The normalized spacial score (nSPS) is 10.6. The smallest absolute Gasteiger partial charge is 0.221 e. The van der Waals surface area contributed by atoms with Gasteiger partial charge in [0.15, 0.2) is 11.5 Å². The molecule has 0 aliphatic carbocycles. The fourth-order valence-electron chi connectivity index (χ4n) is 1.69. The lowest BCUT2D eigenvalue weighted by atomic mass is 10.3. The van der Waals surface area contributed by atoms with Crippen LogP contribution in [0.2, 0.25) is 0 Å². The van der Waals surface area contributed by atoms with E-state index in [9.17, 15) is 4.79 Å². The van der Waals surface area contributed by atoms with Crippen LogP contribution in [0.25, 0.3) is 5.65 Å². The molecule has 2 rings (SSSR count). The summed E-state index contributed by atoms with van der Waals surface area (Å²) in [6.07, 6.45) is 5.60. The lowest BCUT2D eigenvalue weighted by molar-refractivity contribution is -0.120. The predicted molar refractivity (Wildman–Crippen MR) is 69.4 cm³/mol. The summed E-state index contributed by atoms with van der Waals surface area (Å²) >= 11 is 0. The first-order chi connectivity index (χ1) is 8.61. The van der Waals surface area contributed by atoms with E-state index in [1.807, 2.05) is 22.5 Å². The number of carbonyl (C=O) groups excluding carboxylic acids is 1. The van der Waals surface area contributed by atoms with Gasteiger partial charge >= 0.3 is 0 Å². The molecule has 96 valence electrons. The number of nitrogens with two attached hydrogens (primary N) is 1. The molecule has 0 aliphatic rings. The van der Waals surface area contributed by atoms with E-state index in [-0.39, 0.29) is 5.91 Å². The molecule has 2 heterocycles. The second kappa shape index (κ2) is 4.91. The minimum atomic E-state index is -0.00915. The molecule has 0 fully saturated rings. The maximum Gasteiger partial charge on any atom is 0.221 e. The first-order valence-corrected chi connectivity index (χ1v) is 5.62. The number of rotatable bonds is 4. The molecule has 0 aromatic carbocycles. The average Bonchev–Trinajstić information content (AvgIpc) is 2.82. The van der Waals surface area contributed by atoms with Crippen molar-refractivity contribution in [3.05, 3.63) is 18.6 Å². The van der Waals surface area contributed by atoms with E-state index in [4.69, 9.17) is 5.73 Å². The van der Waals surface area contributed by atoms with Crippen LogP contribution >= 0.6 is 0 Å². The summed E-state index contributed by atoms with van der Waals surface area (Å²) < 4.78 is 1.81. The number of hydrogen-bond acceptors (Lipinski definition) is 5. The highest BCUT2D eigenvalue weighted by Gasteiger charge is 2.11. The summed E-state index contributed by atoms with van der Waals surface area (Å²) in [5.74, 6) is 1.08. The molecule has 2 aromatic rings. The Morgan fingerprint density at radius 1 is 1.61 bits per heavy atom. The van der Waals surface area contributed by atoms with Gasteiger partial charge in [0.05, 0.1) is 6.20 Å². The molecular formula is C11H16N6O. The second-order valence-corrected chi connectivity index (χ2v) is 3.99. The first kappa shape index (κ1) is 12.2. The van der Waals surface area contributed by atoms with Crippen molar-refractivity contribution < 1.29 is 4.79 Å². The maximum atomic E-state index is 11.2. The molecule has 0 aliphatic heterocycles. The number of anilines is 2. The van der Waals surface area contributed by atoms with Crippen LogP contribution in [0.5, 0.6) is 0 Å². The highest BCUT2D eigenvalue weighted by molar-refractivity contribution is 5.76. The Labute approximate surface area is 105 Å². The third-order valence-corrected chi connectivity index (χ3v) is 2.69. The van der Waals surface area contributed by atoms with Crippen molar-refractivity contribution in [1.82, 2.24) is 19.7 Å². The van der Waals surface area contributed by atoms with E-state index in [2.05, 4.69) is 15.3 Å². The number of aromatic nitrogens is 3. The van der Waals surface area contributed by atoms with E-state index in [1.54, 1.807) is 19.4 Å².